The van der Waals surface area contributed by atoms with Gasteiger partial charge in [-0.05, 0) is 73.4 Å². The zero-order chi connectivity index (χ0) is 32.0. The van der Waals surface area contributed by atoms with E-state index < -0.39 is 34.3 Å². The summed E-state index contributed by atoms with van der Waals surface area (Å²) in [7, 11) is -2.84. The maximum absolute atomic E-state index is 14.3. The molecule has 0 saturated heterocycles. The fourth-order valence-electron chi connectivity index (χ4n) is 5.70. The van der Waals surface area contributed by atoms with Crippen LogP contribution in [-0.2, 0) is 26.2 Å². The second kappa shape index (κ2) is 14.2. The van der Waals surface area contributed by atoms with Gasteiger partial charge in [0.1, 0.15) is 37.4 Å². The van der Waals surface area contributed by atoms with E-state index in [1.54, 1.807) is 18.2 Å². The lowest BCUT2D eigenvalue weighted by molar-refractivity contribution is -0.140. The van der Waals surface area contributed by atoms with Crippen molar-refractivity contribution in [3.63, 3.8) is 0 Å². The quantitative estimate of drug-likeness (QED) is 0.307. The van der Waals surface area contributed by atoms with Crippen LogP contribution in [0.3, 0.4) is 0 Å². The molecule has 2 amide bonds. The third-order valence-electron chi connectivity index (χ3n) is 8.07. The normalized spacial score (nSPS) is 15.3. The van der Waals surface area contributed by atoms with Crippen molar-refractivity contribution < 1.29 is 36.6 Å². The van der Waals surface area contributed by atoms with E-state index in [1.807, 2.05) is 13.0 Å². The largest absolute Gasteiger partial charge is 0.497 e. The Morgan fingerprint density at radius 3 is 2.40 bits per heavy atom. The molecule has 45 heavy (non-hydrogen) atoms. The molecule has 1 heterocycles. The summed E-state index contributed by atoms with van der Waals surface area (Å²) in [6, 6.07) is 15.4. The topological polar surface area (TPSA) is 114 Å². The molecule has 3 aromatic carbocycles. The Balaban J connectivity index is 1.51. The molecule has 1 aliphatic carbocycles. The van der Waals surface area contributed by atoms with Crippen LogP contribution in [0.15, 0.2) is 71.6 Å². The summed E-state index contributed by atoms with van der Waals surface area (Å²) in [6.45, 7) is 1.81. The molecule has 2 aliphatic rings. The van der Waals surface area contributed by atoms with Crippen molar-refractivity contribution in [1.82, 2.24) is 10.2 Å². The number of ether oxygens (including phenoxy) is 3. The lowest BCUT2D eigenvalue weighted by Crippen LogP contribution is -2.53. The van der Waals surface area contributed by atoms with Gasteiger partial charge in [0.15, 0.2) is 11.5 Å². The minimum absolute atomic E-state index is 0.0339. The van der Waals surface area contributed by atoms with Crippen molar-refractivity contribution in [2.45, 2.75) is 62.6 Å². The summed E-state index contributed by atoms with van der Waals surface area (Å²) in [5.41, 5.74) is 0.794. The highest BCUT2D eigenvalue weighted by Crippen LogP contribution is 2.34. The van der Waals surface area contributed by atoms with Crippen LogP contribution in [-0.4, -0.2) is 64.1 Å². The molecule has 12 heteroatoms. The Hall–Kier alpha value is -4.32. The number of amides is 2. The van der Waals surface area contributed by atoms with E-state index in [4.69, 9.17) is 14.2 Å². The van der Waals surface area contributed by atoms with Gasteiger partial charge in [-0.3, -0.25) is 13.9 Å². The zero-order valence-electron chi connectivity index (χ0n) is 25.4. The van der Waals surface area contributed by atoms with Crippen LogP contribution in [0.25, 0.3) is 0 Å². The number of sulfonamides is 1. The summed E-state index contributed by atoms with van der Waals surface area (Å²) in [5.74, 6) is -0.191. The van der Waals surface area contributed by atoms with Crippen molar-refractivity contribution in [3.8, 4) is 17.2 Å². The van der Waals surface area contributed by atoms with E-state index in [2.05, 4.69) is 5.32 Å². The highest BCUT2D eigenvalue weighted by Gasteiger charge is 2.35. The van der Waals surface area contributed by atoms with Gasteiger partial charge in [-0.1, -0.05) is 31.9 Å². The fraction of sp³-hybridized carbons (Fsp3) is 0.394. The molecule has 240 valence electrons. The van der Waals surface area contributed by atoms with E-state index >= 15 is 0 Å². The van der Waals surface area contributed by atoms with E-state index in [1.165, 1.54) is 42.3 Å². The van der Waals surface area contributed by atoms with Gasteiger partial charge in [0.05, 0.1) is 17.7 Å². The standard InChI is InChI=1S/C33H38FN3O7S/c1-3-29(33(39)35-25-8-4-5-9-25)36(21-23-7-6-10-27(19-23)42-2)32(38)22-37(26-13-11-24(34)12-14-26)45(40,41)28-15-16-30-31(20-28)44-18-17-43-30/h6-7,10-16,19-20,25,29H,3-5,8-9,17-18,21-22H2,1-2H3,(H,35,39)/t29-/m1/s1. The zero-order valence-corrected chi connectivity index (χ0v) is 26.2. The van der Waals surface area contributed by atoms with Crippen LogP contribution in [0.2, 0.25) is 0 Å². The molecule has 1 atom stereocenters. The monoisotopic (exact) mass is 639 g/mol. The molecular weight excluding hydrogens is 601 g/mol. The summed E-state index contributed by atoms with van der Waals surface area (Å²) < 4.78 is 59.7. The van der Waals surface area contributed by atoms with Gasteiger partial charge < -0.3 is 24.4 Å². The number of halogens is 1. The lowest BCUT2D eigenvalue weighted by Gasteiger charge is -2.34. The number of methoxy groups -OCH3 is 1. The van der Waals surface area contributed by atoms with Gasteiger partial charge in [-0.25, -0.2) is 12.8 Å². The molecule has 3 aromatic rings. The Labute approximate surface area is 263 Å². The minimum atomic E-state index is -4.38. The summed E-state index contributed by atoms with van der Waals surface area (Å²) in [4.78, 5) is 29.2. The molecular formula is C33H38FN3O7S. The Morgan fingerprint density at radius 1 is 1.00 bits per heavy atom. The highest BCUT2D eigenvalue weighted by molar-refractivity contribution is 7.92. The number of carbonyl (C=O) groups is 2. The van der Waals surface area contributed by atoms with E-state index in [9.17, 15) is 22.4 Å². The molecule has 5 rings (SSSR count). The third kappa shape index (κ3) is 7.50. The Morgan fingerprint density at radius 2 is 1.71 bits per heavy atom. The number of fused-ring (bicyclic) bond motifs is 1. The lowest BCUT2D eigenvalue weighted by atomic mass is 10.1. The smallest absolute Gasteiger partial charge is 0.264 e. The molecule has 1 N–H and O–H groups in total. The second-order valence-electron chi connectivity index (χ2n) is 11.1. The maximum Gasteiger partial charge on any atom is 0.264 e. The number of benzene rings is 3. The number of nitrogens with one attached hydrogen (secondary N) is 1. The first kappa shape index (κ1) is 32.1. The van der Waals surface area contributed by atoms with Crippen LogP contribution in [0.5, 0.6) is 17.2 Å². The highest BCUT2D eigenvalue weighted by atomic mass is 32.2. The van der Waals surface area contributed by atoms with E-state index in [-0.39, 0.29) is 41.4 Å². The number of anilines is 1. The molecule has 0 spiro atoms. The number of nitrogens with zero attached hydrogens (tertiary/aromatic N) is 2. The first-order valence-corrected chi connectivity index (χ1v) is 16.5. The number of hydrogen-bond donors (Lipinski definition) is 1. The summed E-state index contributed by atoms with van der Waals surface area (Å²) in [6.07, 6.45) is 4.10. The van der Waals surface area contributed by atoms with Crippen molar-refractivity contribution >= 4 is 27.5 Å². The van der Waals surface area contributed by atoms with Crippen LogP contribution in [0.4, 0.5) is 10.1 Å². The van der Waals surface area contributed by atoms with Crippen molar-refractivity contribution in [2.75, 3.05) is 31.2 Å². The van der Waals surface area contributed by atoms with Crippen LogP contribution in [0, 0.1) is 5.82 Å². The molecule has 1 saturated carbocycles. The number of hydrogen-bond acceptors (Lipinski definition) is 7. The molecule has 0 bridgehead atoms. The first-order valence-electron chi connectivity index (χ1n) is 15.1. The molecule has 0 aromatic heterocycles. The van der Waals surface area contributed by atoms with Gasteiger partial charge in [0, 0.05) is 18.7 Å². The van der Waals surface area contributed by atoms with Crippen molar-refractivity contribution in [1.29, 1.82) is 0 Å². The molecule has 0 unspecified atom stereocenters. The van der Waals surface area contributed by atoms with Gasteiger partial charge in [0.25, 0.3) is 10.0 Å². The van der Waals surface area contributed by atoms with Crippen LogP contribution < -0.4 is 23.8 Å². The SMILES string of the molecule is CC[C@H](C(=O)NC1CCCC1)N(Cc1cccc(OC)c1)C(=O)CN(c1ccc(F)cc1)S(=O)(=O)c1ccc2c(c1)OCCO2. The average molecular weight is 640 g/mol. The molecule has 10 nitrogen and oxygen atoms in total. The minimum Gasteiger partial charge on any atom is -0.497 e. The van der Waals surface area contributed by atoms with Crippen molar-refractivity contribution in [2.24, 2.45) is 0 Å². The maximum atomic E-state index is 14.3. The van der Waals surface area contributed by atoms with Crippen LogP contribution in [0.1, 0.15) is 44.6 Å². The van der Waals surface area contributed by atoms with Crippen LogP contribution >= 0.6 is 0 Å². The average Bonchev–Trinajstić information content (AvgIpc) is 3.56. The predicted molar refractivity (Wildman–Crippen MR) is 166 cm³/mol. The fourth-order valence-corrected chi connectivity index (χ4v) is 7.13. The van der Waals surface area contributed by atoms with E-state index in [0.29, 0.717) is 30.1 Å². The summed E-state index contributed by atoms with van der Waals surface area (Å²) >= 11 is 0. The van der Waals surface area contributed by atoms with Gasteiger partial charge in [-0.2, -0.15) is 0 Å². The van der Waals surface area contributed by atoms with E-state index in [0.717, 1.165) is 42.1 Å². The molecule has 1 fully saturated rings. The predicted octanol–water partition coefficient (Wildman–Crippen LogP) is 4.67. The number of rotatable bonds is 12. The third-order valence-corrected chi connectivity index (χ3v) is 9.84. The second-order valence-corrected chi connectivity index (χ2v) is 12.9. The summed E-state index contributed by atoms with van der Waals surface area (Å²) in [5, 5.41) is 3.09. The number of carbonyl (C=O) groups excluding carboxylic acids is 2. The Bertz CT molecular complexity index is 1610. The first-order chi connectivity index (χ1) is 21.7. The van der Waals surface area contributed by atoms with Gasteiger partial charge in [0.2, 0.25) is 11.8 Å². The van der Waals surface area contributed by atoms with Gasteiger partial charge in [-0.15, -0.1) is 0 Å². The van der Waals surface area contributed by atoms with Gasteiger partial charge >= 0.3 is 0 Å². The Kier molecular flexibility index (Phi) is 10.1. The van der Waals surface area contributed by atoms with Crippen molar-refractivity contribution in [3.05, 3.63) is 78.1 Å². The molecule has 1 aliphatic heterocycles. The molecule has 0 radical (unpaired) electrons.